The zero-order valence-electron chi connectivity index (χ0n) is 14.4. The van der Waals surface area contributed by atoms with E-state index in [2.05, 4.69) is 0 Å². The summed E-state index contributed by atoms with van der Waals surface area (Å²) in [5, 5.41) is 21.2. The first kappa shape index (κ1) is 18.1. The third kappa shape index (κ3) is 3.24. The van der Waals surface area contributed by atoms with Gasteiger partial charge in [-0.15, -0.1) is 0 Å². The number of hydrogen-bond acceptors (Lipinski definition) is 6. The van der Waals surface area contributed by atoms with Crippen LogP contribution < -0.4 is 4.90 Å². The van der Waals surface area contributed by atoms with E-state index in [-0.39, 0.29) is 17.9 Å². The van der Waals surface area contributed by atoms with E-state index in [9.17, 15) is 24.8 Å². The Morgan fingerprint density at radius 2 is 1.81 bits per heavy atom. The van der Waals surface area contributed by atoms with E-state index in [4.69, 9.17) is 4.74 Å². The fourth-order valence-electron chi connectivity index (χ4n) is 2.97. The zero-order valence-corrected chi connectivity index (χ0v) is 14.4. The van der Waals surface area contributed by atoms with Crippen LogP contribution in [0.1, 0.15) is 18.5 Å². The van der Waals surface area contributed by atoms with Crippen molar-refractivity contribution in [3.8, 4) is 0 Å². The number of carbonyl (C=O) groups excluding carboxylic acids is 2. The quantitative estimate of drug-likeness (QED) is 0.493. The number of anilines is 1. The molecule has 3 rings (SSSR count). The summed E-state index contributed by atoms with van der Waals surface area (Å²) in [7, 11) is 0. The van der Waals surface area contributed by atoms with Crippen LogP contribution in [0, 0.1) is 10.1 Å². The molecule has 1 aliphatic heterocycles. The molecular weight excluding hydrogens is 352 g/mol. The molecule has 0 saturated heterocycles. The third-order valence-electron chi connectivity index (χ3n) is 4.16. The SMILES string of the molecule is CCOC(=O)C1=C(O)C(=O)N(c2ccc([N+](=O)[O-])cc2)[C@H]1c1ccccc1. The Morgan fingerprint density at radius 1 is 1.19 bits per heavy atom. The van der Waals surface area contributed by atoms with Crippen LogP contribution in [0.5, 0.6) is 0 Å². The summed E-state index contributed by atoms with van der Waals surface area (Å²) >= 11 is 0. The van der Waals surface area contributed by atoms with Crippen LogP contribution in [0.3, 0.4) is 0 Å². The summed E-state index contributed by atoms with van der Waals surface area (Å²) in [5.41, 5.74) is 0.609. The standard InChI is InChI=1S/C19H16N2O6/c1-2-27-19(24)15-16(12-6-4-3-5-7-12)20(18(23)17(15)22)13-8-10-14(11-9-13)21(25)26/h3-11,16,22H,2H2,1H3/t16-/m0/s1. The molecule has 0 aromatic heterocycles. The van der Waals surface area contributed by atoms with E-state index in [0.29, 0.717) is 11.3 Å². The molecule has 0 radical (unpaired) electrons. The summed E-state index contributed by atoms with van der Waals surface area (Å²) in [6.45, 7) is 1.71. The molecular formula is C19H16N2O6. The Labute approximate surface area is 154 Å². The number of nitro groups is 1. The number of aliphatic hydroxyl groups excluding tert-OH is 1. The molecule has 8 nitrogen and oxygen atoms in total. The Kier molecular flexibility index (Phi) is 4.89. The number of non-ortho nitro benzene ring substituents is 1. The van der Waals surface area contributed by atoms with Crippen molar-refractivity contribution in [3.63, 3.8) is 0 Å². The summed E-state index contributed by atoms with van der Waals surface area (Å²) in [4.78, 5) is 36.6. The lowest BCUT2D eigenvalue weighted by Crippen LogP contribution is -2.31. The van der Waals surface area contributed by atoms with Crippen LogP contribution in [-0.2, 0) is 14.3 Å². The molecule has 0 spiro atoms. The Bertz CT molecular complexity index is 921. The predicted molar refractivity (Wildman–Crippen MR) is 96.1 cm³/mol. The summed E-state index contributed by atoms with van der Waals surface area (Å²) in [5.74, 6) is -2.26. The Hall–Kier alpha value is -3.68. The first-order valence-corrected chi connectivity index (χ1v) is 8.19. The van der Waals surface area contributed by atoms with Crippen molar-refractivity contribution < 1.29 is 24.4 Å². The number of nitro benzene ring substituents is 1. The van der Waals surface area contributed by atoms with Crippen molar-refractivity contribution in [2.75, 3.05) is 11.5 Å². The number of benzene rings is 2. The summed E-state index contributed by atoms with van der Waals surface area (Å²) < 4.78 is 5.01. The number of ether oxygens (including phenoxy) is 1. The van der Waals surface area contributed by atoms with E-state index in [1.165, 1.54) is 29.2 Å². The van der Waals surface area contributed by atoms with Crippen molar-refractivity contribution >= 4 is 23.3 Å². The third-order valence-corrected chi connectivity index (χ3v) is 4.16. The van der Waals surface area contributed by atoms with Gasteiger partial charge in [0.15, 0.2) is 5.76 Å². The van der Waals surface area contributed by atoms with Gasteiger partial charge >= 0.3 is 5.97 Å². The number of rotatable bonds is 5. The first-order chi connectivity index (χ1) is 13.0. The van der Waals surface area contributed by atoms with Crippen LogP contribution in [-0.4, -0.2) is 28.5 Å². The molecule has 1 aliphatic rings. The molecule has 138 valence electrons. The smallest absolute Gasteiger partial charge is 0.340 e. The number of hydrogen-bond donors (Lipinski definition) is 1. The van der Waals surface area contributed by atoms with Gasteiger partial charge in [-0.3, -0.25) is 19.8 Å². The molecule has 0 bridgehead atoms. The summed E-state index contributed by atoms with van der Waals surface area (Å²) in [6, 6.07) is 13.1. The molecule has 0 fully saturated rings. The van der Waals surface area contributed by atoms with E-state index >= 15 is 0 Å². The second-order valence-corrected chi connectivity index (χ2v) is 5.74. The molecule has 8 heteroatoms. The molecule has 0 saturated carbocycles. The van der Waals surface area contributed by atoms with Gasteiger partial charge in [-0.25, -0.2) is 4.79 Å². The predicted octanol–water partition coefficient (Wildman–Crippen LogP) is 3.06. The van der Waals surface area contributed by atoms with Crippen molar-refractivity contribution in [3.05, 3.63) is 81.6 Å². The normalized spacial score (nSPS) is 16.6. The van der Waals surface area contributed by atoms with Crippen LogP contribution in [0.25, 0.3) is 0 Å². The lowest BCUT2D eigenvalue weighted by Gasteiger charge is -2.26. The lowest BCUT2D eigenvalue weighted by molar-refractivity contribution is -0.384. The highest BCUT2D eigenvalue weighted by Crippen LogP contribution is 2.41. The molecule has 2 aromatic carbocycles. The second kappa shape index (κ2) is 7.28. The van der Waals surface area contributed by atoms with Crippen LogP contribution in [0.2, 0.25) is 0 Å². The minimum Gasteiger partial charge on any atom is -0.503 e. The van der Waals surface area contributed by atoms with Gasteiger partial charge in [-0.2, -0.15) is 0 Å². The van der Waals surface area contributed by atoms with E-state index in [0.717, 1.165) is 0 Å². The fourth-order valence-corrected chi connectivity index (χ4v) is 2.97. The largest absolute Gasteiger partial charge is 0.503 e. The van der Waals surface area contributed by atoms with Gasteiger partial charge in [0.2, 0.25) is 0 Å². The van der Waals surface area contributed by atoms with Gasteiger partial charge < -0.3 is 9.84 Å². The Morgan fingerprint density at radius 3 is 2.37 bits per heavy atom. The monoisotopic (exact) mass is 368 g/mol. The van der Waals surface area contributed by atoms with Gasteiger partial charge in [-0.1, -0.05) is 30.3 Å². The van der Waals surface area contributed by atoms with Crippen LogP contribution in [0.4, 0.5) is 11.4 Å². The number of esters is 1. The van der Waals surface area contributed by atoms with Crippen molar-refractivity contribution in [2.24, 2.45) is 0 Å². The van der Waals surface area contributed by atoms with Crippen molar-refractivity contribution in [1.29, 1.82) is 0 Å². The van der Waals surface area contributed by atoms with Gasteiger partial charge in [0.1, 0.15) is 5.57 Å². The first-order valence-electron chi connectivity index (χ1n) is 8.19. The molecule has 1 amide bonds. The Balaban J connectivity index is 2.11. The van der Waals surface area contributed by atoms with Gasteiger partial charge in [0, 0.05) is 17.8 Å². The summed E-state index contributed by atoms with van der Waals surface area (Å²) in [6.07, 6.45) is 0. The fraction of sp³-hybridized carbons (Fsp3) is 0.158. The van der Waals surface area contributed by atoms with Gasteiger partial charge in [0.05, 0.1) is 17.6 Å². The van der Waals surface area contributed by atoms with Gasteiger partial charge in [-0.05, 0) is 24.6 Å². The van der Waals surface area contributed by atoms with Crippen molar-refractivity contribution in [1.82, 2.24) is 0 Å². The molecule has 1 atom stereocenters. The highest BCUT2D eigenvalue weighted by atomic mass is 16.6. The highest BCUT2D eigenvalue weighted by Gasteiger charge is 2.45. The van der Waals surface area contributed by atoms with Gasteiger partial charge in [0.25, 0.3) is 11.6 Å². The van der Waals surface area contributed by atoms with Crippen LogP contribution in [0.15, 0.2) is 65.9 Å². The van der Waals surface area contributed by atoms with Crippen molar-refractivity contribution in [2.45, 2.75) is 13.0 Å². The molecule has 0 aliphatic carbocycles. The molecule has 2 aromatic rings. The number of nitrogens with zero attached hydrogens (tertiary/aromatic N) is 2. The topological polar surface area (TPSA) is 110 Å². The number of aliphatic hydroxyl groups is 1. The molecule has 0 unspecified atom stereocenters. The average molecular weight is 368 g/mol. The maximum absolute atomic E-state index is 12.7. The minimum atomic E-state index is -0.904. The van der Waals surface area contributed by atoms with E-state index < -0.39 is 28.6 Å². The molecule has 27 heavy (non-hydrogen) atoms. The van der Waals surface area contributed by atoms with E-state index in [1.807, 2.05) is 0 Å². The molecule has 1 heterocycles. The maximum Gasteiger partial charge on any atom is 0.340 e. The highest BCUT2D eigenvalue weighted by molar-refractivity contribution is 6.15. The number of amides is 1. The molecule has 1 N–H and O–H groups in total. The minimum absolute atomic E-state index is 0.0862. The second-order valence-electron chi connectivity index (χ2n) is 5.74. The zero-order chi connectivity index (χ0) is 19.6. The average Bonchev–Trinajstić information content (AvgIpc) is 2.94. The van der Waals surface area contributed by atoms with Crippen LogP contribution >= 0.6 is 0 Å². The van der Waals surface area contributed by atoms with E-state index in [1.54, 1.807) is 37.3 Å². The number of carbonyl (C=O) groups is 2. The maximum atomic E-state index is 12.7. The lowest BCUT2D eigenvalue weighted by atomic mass is 9.99.